The lowest BCUT2D eigenvalue weighted by Gasteiger charge is -2.59. The first kappa shape index (κ1) is 24.4. The summed E-state index contributed by atoms with van der Waals surface area (Å²) in [7, 11) is 0. The number of ether oxygens (including phenoxy) is 1. The largest absolute Gasteiger partial charge is 0.468 e. The number of para-hydroxylation sites is 2. The van der Waals surface area contributed by atoms with Gasteiger partial charge in [0.05, 0.1) is 23.3 Å². The number of aromatic nitrogens is 2. The van der Waals surface area contributed by atoms with Crippen LogP contribution >= 0.6 is 0 Å². The minimum absolute atomic E-state index is 0.00614. The van der Waals surface area contributed by atoms with Gasteiger partial charge in [-0.15, -0.1) is 0 Å². The molecule has 1 aromatic heterocycles. The second-order valence-corrected chi connectivity index (χ2v) is 12.0. The van der Waals surface area contributed by atoms with Gasteiger partial charge in [-0.05, 0) is 67.7 Å². The van der Waals surface area contributed by atoms with E-state index in [0.717, 1.165) is 23.9 Å². The highest BCUT2D eigenvalue weighted by atomic mass is 16.5. The Morgan fingerprint density at radius 3 is 2.76 bits per heavy atom. The van der Waals surface area contributed by atoms with Crippen molar-refractivity contribution in [1.82, 2.24) is 9.97 Å². The molecule has 0 radical (unpaired) electrons. The molecule has 37 heavy (non-hydrogen) atoms. The number of allylic oxidation sites excluding steroid dienone is 4. The molecule has 3 fully saturated rings. The second-order valence-electron chi connectivity index (χ2n) is 12.0. The number of Topliss-reactive ketones (excluding diaryl/α,β-unsaturated/α-hetero) is 1. The lowest BCUT2D eigenvalue weighted by atomic mass is 9.46. The van der Waals surface area contributed by atoms with Gasteiger partial charge in [0.1, 0.15) is 5.60 Å². The zero-order valence-corrected chi connectivity index (χ0v) is 21.6. The van der Waals surface area contributed by atoms with E-state index in [2.05, 4.69) is 16.9 Å². The van der Waals surface area contributed by atoms with E-state index in [0.29, 0.717) is 18.4 Å². The molecule has 6 rings (SSSR count). The van der Waals surface area contributed by atoms with Gasteiger partial charge in [0, 0.05) is 16.7 Å². The van der Waals surface area contributed by atoms with Crippen molar-refractivity contribution in [3.8, 4) is 5.88 Å². The quantitative estimate of drug-likeness (QED) is 0.654. The predicted molar refractivity (Wildman–Crippen MR) is 138 cm³/mol. The van der Waals surface area contributed by atoms with Crippen molar-refractivity contribution < 1.29 is 24.5 Å². The van der Waals surface area contributed by atoms with Crippen LogP contribution in [0.1, 0.15) is 46.5 Å². The Kier molecular flexibility index (Phi) is 5.48. The van der Waals surface area contributed by atoms with E-state index in [1.54, 1.807) is 12.2 Å². The molecule has 7 heteroatoms. The number of aliphatic hydroxyl groups excluding tert-OH is 1. The van der Waals surface area contributed by atoms with Gasteiger partial charge in [0.2, 0.25) is 11.7 Å². The maximum absolute atomic E-state index is 13.7. The summed E-state index contributed by atoms with van der Waals surface area (Å²) >= 11 is 0. The summed E-state index contributed by atoms with van der Waals surface area (Å²) in [5, 5.41) is 23.7. The van der Waals surface area contributed by atoms with Crippen molar-refractivity contribution in [2.75, 3.05) is 6.61 Å². The van der Waals surface area contributed by atoms with Crippen LogP contribution in [0.3, 0.4) is 0 Å². The van der Waals surface area contributed by atoms with E-state index in [9.17, 15) is 19.8 Å². The van der Waals surface area contributed by atoms with Gasteiger partial charge >= 0.3 is 0 Å². The molecule has 4 aliphatic carbocycles. The highest BCUT2D eigenvalue weighted by molar-refractivity contribution is 6.01. The predicted octanol–water partition coefficient (Wildman–Crippen LogP) is 3.83. The summed E-state index contributed by atoms with van der Waals surface area (Å²) in [6.07, 6.45) is 8.79. The molecule has 0 aliphatic heterocycles. The van der Waals surface area contributed by atoms with Crippen molar-refractivity contribution in [2.45, 2.75) is 58.2 Å². The number of carbonyl (C=O) groups excluding carboxylic acids is 2. The first-order chi connectivity index (χ1) is 17.6. The van der Waals surface area contributed by atoms with E-state index in [4.69, 9.17) is 4.74 Å². The van der Waals surface area contributed by atoms with Crippen molar-refractivity contribution in [1.29, 1.82) is 0 Å². The summed E-state index contributed by atoms with van der Waals surface area (Å²) in [6, 6.07) is 7.43. The van der Waals surface area contributed by atoms with Gasteiger partial charge in [0.15, 0.2) is 12.4 Å². The number of rotatable bonds is 4. The molecule has 0 saturated heterocycles. The van der Waals surface area contributed by atoms with Gasteiger partial charge in [0.25, 0.3) is 0 Å². The van der Waals surface area contributed by atoms with Crippen molar-refractivity contribution in [2.24, 2.45) is 34.5 Å². The number of hydrogen-bond acceptors (Lipinski definition) is 7. The molecule has 1 heterocycles. The fourth-order valence-corrected chi connectivity index (χ4v) is 8.51. The third-order valence-electron chi connectivity index (χ3n) is 10.3. The summed E-state index contributed by atoms with van der Waals surface area (Å²) in [5.41, 5.74) is -0.291. The van der Waals surface area contributed by atoms with Crippen LogP contribution in [0.2, 0.25) is 0 Å². The van der Waals surface area contributed by atoms with Gasteiger partial charge in [-0.1, -0.05) is 44.6 Å². The highest BCUT2D eigenvalue weighted by Gasteiger charge is 2.70. The van der Waals surface area contributed by atoms with Crippen LogP contribution in [0.25, 0.3) is 11.0 Å². The summed E-state index contributed by atoms with van der Waals surface area (Å²) < 4.78 is 5.76. The SMILES string of the molecule is C[C@@H]1CC2C3CCC4=CC(=O)C=CC4(C)C3[C@@H](O)CC2(C)[C@@]1(O)C(=O)COc1cnc2ccccc2n1. The molecule has 4 aliphatic rings. The number of ketones is 2. The molecule has 5 unspecified atom stereocenters. The molecular weight excluding hydrogens is 468 g/mol. The zero-order valence-electron chi connectivity index (χ0n) is 21.6. The van der Waals surface area contributed by atoms with Crippen LogP contribution in [0.4, 0.5) is 0 Å². The molecule has 194 valence electrons. The number of fused-ring (bicyclic) bond motifs is 6. The van der Waals surface area contributed by atoms with Crippen molar-refractivity contribution in [3.63, 3.8) is 0 Å². The van der Waals surface area contributed by atoms with E-state index in [1.165, 1.54) is 6.20 Å². The van der Waals surface area contributed by atoms with Crippen LogP contribution < -0.4 is 4.74 Å². The van der Waals surface area contributed by atoms with Crippen LogP contribution in [0.5, 0.6) is 5.88 Å². The summed E-state index contributed by atoms with van der Waals surface area (Å²) in [5.74, 6) is -0.239. The van der Waals surface area contributed by atoms with Crippen LogP contribution in [-0.4, -0.2) is 50.1 Å². The first-order valence-electron chi connectivity index (χ1n) is 13.3. The van der Waals surface area contributed by atoms with E-state index >= 15 is 0 Å². The number of benzene rings is 1. The Balaban J connectivity index is 1.27. The second kappa shape index (κ2) is 8.30. The minimum atomic E-state index is -1.62. The molecular formula is C30H34N2O5. The smallest absolute Gasteiger partial charge is 0.233 e. The minimum Gasteiger partial charge on any atom is -0.468 e. The fourth-order valence-electron chi connectivity index (χ4n) is 8.51. The van der Waals surface area contributed by atoms with Crippen LogP contribution in [0, 0.1) is 34.5 Å². The maximum Gasteiger partial charge on any atom is 0.233 e. The summed E-state index contributed by atoms with van der Waals surface area (Å²) in [6.45, 7) is 5.73. The number of carbonyl (C=O) groups is 2. The molecule has 8 atom stereocenters. The molecule has 0 amide bonds. The highest BCUT2D eigenvalue weighted by Crippen LogP contribution is 2.68. The van der Waals surface area contributed by atoms with E-state index in [1.807, 2.05) is 44.2 Å². The Labute approximate surface area is 216 Å². The molecule has 2 N–H and O–H groups in total. The molecule has 0 spiro atoms. The lowest BCUT2D eigenvalue weighted by Crippen LogP contribution is -2.63. The van der Waals surface area contributed by atoms with Crippen molar-refractivity contribution in [3.05, 3.63) is 54.3 Å². The molecule has 1 aromatic carbocycles. The fraction of sp³-hybridized carbons (Fsp3) is 0.533. The topological polar surface area (TPSA) is 110 Å². The molecule has 2 aromatic rings. The number of aliphatic hydroxyl groups is 2. The average molecular weight is 503 g/mol. The monoisotopic (exact) mass is 502 g/mol. The third kappa shape index (κ3) is 3.40. The normalized spacial score (nSPS) is 40.5. The van der Waals surface area contributed by atoms with Crippen LogP contribution in [0.15, 0.2) is 54.3 Å². The Bertz CT molecular complexity index is 1350. The third-order valence-corrected chi connectivity index (χ3v) is 10.3. The summed E-state index contributed by atoms with van der Waals surface area (Å²) in [4.78, 5) is 34.5. The average Bonchev–Trinajstić information content (AvgIpc) is 3.08. The van der Waals surface area contributed by atoms with E-state index in [-0.39, 0.29) is 53.1 Å². The number of hydrogen-bond donors (Lipinski definition) is 2. The van der Waals surface area contributed by atoms with Gasteiger partial charge in [-0.2, -0.15) is 0 Å². The zero-order chi connectivity index (χ0) is 26.2. The Morgan fingerprint density at radius 2 is 1.97 bits per heavy atom. The molecule has 7 nitrogen and oxygen atoms in total. The maximum atomic E-state index is 13.7. The molecule has 0 bridgehead atoms. The first-order valence-corrected chi connectivity index (χ1v) is 13.3. The van der Waals surface area contributed by atoms with Gasteiger partial charge in [-0.3, -0.25) is 9.59 Å². The number of nitrogens with zero attached hydrogens (tertiary/aromatic N) is 2. The standard InChI is InChI=1S/C30H34N2O5/c1-17-12-21-20-9-8-18-13-19(33)10-11-28(18,2)27(20)24(34)14-29(21,3)30(17,36)25(35)16-37-26-15-31-22-6-4-5-7-23(22)32-26/h4-7,10-11,13,15,17,20-21,24,27,34,36H,8-9,12,14,16H2,1-3H3/t17-,20?,21?,24+,27?,28?,29?,30+/m1/s1. The lowest BCUT2D eigenvalue weighted by molar-refractivity contribution is -0.183. The van der Waals surface area contributed by atoms with E-state index < -0.39 is 17.1 Å². The molecule has 3 saturated carbocycles. The Hall–Kier alpha value is -2.90. The van der Waals surface area contributed by atoms with Crippen LogP contribution in [-0.2, 0) is 9.59 Å². The Morgan fingerprint density at radius 1 is 1.22 bits per heavy atom. The van der Waals surface area contributed by atoms with Crippen molar-refractivity contribution >= 4 is 22.6 Å². The van der Waals surface area contributed by atoms with Gasteiger partial charge in [-0.25, -0.2) is 9.97 Å². The van der Waals surface area contributed by atoms with Gasteiger partial charge < -0.3 is 14.9 Å².